The SMILES string of the molecule is CC(CCCN)Nc1ccc(C(F)(F)F)cn1. The lowest BCUT2D eigenvalue weighted by Gasteiger charge is -2.14. The Labute approximate surface area is 98.2 Å². The summed E-state index contributed by atoms with van der Waals surface area (Å²) in [6.07, 6.45) is -1.78. The predicted octanol–water partition coefficient (Wildman–Crippen LogP) is 2.64. The quantitative estimate of drug-likeness (QED) is 0.841. The highest BCUT2D eigenvalue weighted by Crippen LogP contribution is 2.28. The molecule has 0 radical (unpaired) electrons. The number of nitrogens with two attached hydrogens (primary N) is 1. The van der Waals surface area contributed by atoms with E-state index in [9.17, 15) is 13.2 Å². The third-order valence-corrected chi connectivity index (χ3v) is 2.33. The maximum Gasteiger partial charge on any atom is 0.417 e. The second kappa shape index (κ2) is 5.86. The van der Waals surface area contributed by atoms with Crippen LogP contribution in [0.25, 0.3) is 0 Å². The normalized spacial score (nSPS) is 13.5. The van der Waals surface area contributed by atoms with E-state index in [4.69, 9.17) is 5.73 Å². The summed E-state index contributed by atoms with van der Waals surface area (Å²) in [4.78, 5) is 3.73. The standard InChI is InChI=1S/C11H16F3N3/c1-8(3-2-6-15)17-10-5-4-9(7-16-10)11(12,13)14/h4-5,7-8H,2-3,6,15H2,1H3,(H,16,17). The Morgan fingerprint density at radius 3 is 2.59 bits per heavy atom. The summed E-state index contributed by atoms with van der Waals surface area (Å²) < 4.78 is 36.8. The number of alkyl halides is 3. The van der Waals surface area contributed by atoms with E-state index in [1.54, 1.807) is 0 Å². The van der Waals surface area contributed by atoms with Crippen molar-refractivity contribution in [3.63, 3.8) is 0 Å². The number of pyridine rings is 1. The van der Waals surface area contributed by atoms with E-state index in [1.165, 1.54) is 6.07 Å². The Bertz CT molecular complexity index is 335. The Morgan fingerprint density at radius 1 is 1.41 bits per heavy atom. The first-order valence-electron chi connectivity index (χ1n) is 5.43. The van der Waals surface area contributed by atoms with Gasteiger partial charge in [0.05, 0.1) is 5.56 Å². The summed E-state index contributed by atoms with van der Waals surface area (Å²) in [5, 5.41) is 3.02. The highest BCUT2D eigenvalue weighted by molar-refractivity contribution is 5.36. The third kappa shape index (κ3) is 4.60. The molecule has 0 aliphatic carbocycles. The summed E-state index contributed by atoms with van der Waals surface area (Å²) in [5.74, 6) is 0.447. The lowest BCUT2D eigenvalue weighted by Crippen LogP contribution is -2.17. The molecule has 17 heavy (non-hydrogen) atoms. The molecule has 1 heterocycles. The minimum absolute atomic E-state index is 0.141. The average molecular weight is 247 g/mol. The molecule has 3 N–H and O–H groups in total. The van der Waals surface area contributed by atoms with E-state index in [0.717, 1.165) is 25.1 Å². The van der Waals surface area contributed by atoms with Gasteiger partial charge in [-0.15, -0.1) is 0 Å². The van der Waals surface area contributed by atoms with Crippen molar-refractivity contribution in [2.24, 2.45) is 5.73 Å². The van der Waals surface area contributed by atoms with Crippen molar-refractivity contribution < 1.29 is 13.2 Å². The van der Waals surface area contributed by atoms with E-state index in [1.807, 2.05) is 6.92 Å². The van der Waals surface area contributed by atoms with Crippen molar-refractivity contribution in [1.82, 2.24) is 4.98 Å². The van der Waals surface area contributed by atoms with Gasteiger partial charge in [-0.2, -0.15) is 13.2 Å². The van der Waals surface area contributed by atoms with Crippen LogP contribution in [0.5, 0.6) is 0 Å². The molecule has 1 aromatic rings. The second-order valence-electron chi connectivity index (χ2n) is 3.91. The number of aromatic nitrogens is 1. The topological polar surface area (TPSA) is 50.9 Å². The third-order valence-electron chi connectivity index (χ3n) is 2.33. The Morgan fingerprint density at radius 2 is 2.12 bits per heavy atom. The van der Waals surface area contributed by atoms with E-state index >= 15 is 0 Å². The molecule has 0 saturated heterocycles. The molecule has 0 saturated carbocycles. The molecule has 1 rings (SSSR count). The van der Waals surface area contributed by atoms with Gasteiger partial charge < -0.3 is 11.1 Å². The molecule has 0 fully saturated rings. The van der Waals surface area contributed by atoms with Crippen LogP contribution in [0, 0.1) is 0 Å². The number of rotatable bonds is 5. The van der Waals surface area contributed by atoms with Crippen LogP contribution in [0.2, 0.25) is 0 Å². The smallest absolute Gasteiger partial charge is 0.368 e. The highest BCUT2D eigenvalue weighted by atomic mass is 19.4. The van der Waals surface area contributed by atoms with Crippen LogP contribution in [0.1, 0.15) is 25.3 Å². The highest BCUT2D eigenvalue weighted by Gasteiger charge is 2.30. The predicted molar refractivity (Wildman–Crippen MR) is 60.6 cm³/mol. The van der Waals surface area contributed by atoms with Gasteiger partial charge in [0.25, 0.3) is 0 Å². The zero-order valence-corrected chi connectivity index (χ0v) is 9.59. The van der Waals surface area contributed by atoms with E-state index in [0.29, 0.717) is 12.4 Å². The first-order chi connectivity index (χ1) is 7.93. The molecule has 0 bridgehead atoms. The zero-order valence-electron chi connectivity index (χ0n) is 9.59. The first-order valence-corrected chi connectivity index (χ1v) is 5.43. The largest absolute Gasteiger partial charge is 0.417 e. The molecular formula is C11H16F3N3. The summed E-state index contributed by atoms with van der Waals surface area (Å²) in [6, 6.07) is 2.50. The molecule has 0 spiro atoms. The van der Waals surface area contributed by atoms with Crippen molar-refractivity contribution in [3.8, 4) is 0 Å². The van der Waals surface area contributed by atoms with Crippen LogP contribution in [-0.2, 0) is 6.18 Å². The van der Waals surface area contributed by atoms with Crippen molar-refractivity contribution in [3.05, 3.63) is 23.9 Å². The van der Waals surface area contributed by atoms with Crippen LogP contribution in [0.3, 0.4) is 0 Å². The fraction of sp³-hybridized carbons (Fsp3) is 0.545. The van der Waals surface area contributed by atoms with Crippen LogP contribution < -0.4 is 11.1 Å². The molecule has 3 nitrogen and oxygen atoms in total. The first kappa shape index (κ1) is 13.8. The minimum Gasteiger partial charge on any atom is -0.368 e. The van der Waals surface area contributed by atoms with Crippen LogP contribution >= 0.6 is 0 Å². The number of halogens is 3. The van der Waals surface area contributed by atoms with E-state index in [2.05, 4.69) is 10.3 Å². The molecule has 1 atom stereocenters. The van der Waals surface area contributed by atoms with Crippen LogP contribution in [0.15, 0.2) is 18.3 Å². The molecular weight excluding hydrogens is 231 g/mol. The molecule has 0 aliphatic heterocycles. The molecule has 0 aliphatic rings. The maximum atomic E-state index is 12.3. The van der Waals surface area contributed by atoms with Gasteiger partial charge >= 0.3 is 6.18 Å². The maximum absolute atomic E-state index is 12.3. The van der Waals surface area contributed by atoms with Gasteiger partial charge in [-0.05, 0) is 38.4 Å². The summed E-state index contributed by atoms with van der Waals surface area (Å²) >= 11 is 0. The van der Waals surface area contributed by atoms with E-state index in [-0.39, 0.29) is 6.04 Å². The summed E-state index contributed by atoms with van der Waals surface area (Å²) in [5.41, 5.74) is 4.63. The van der Waals surface area contributed by atoms with Crippen molar-refractivity contribution in [2.45, 2.75) is 32.0 Å². The van der Waals surface area contributed by atoms with Crippen molar-refractivity contribution >= 4 is 5.82 Å². The molecule has 0 amide bonds. The molecule has 1 aromatic heterocycles. The number of nitrogens with one attached hydrogen (secondary N) is 1. The molecule has 6 heteroatoms. The zero-order chi connectivity index (χ0) is 12.9. The van der Waals surface area contributed by atoms with Gasteiger partial charge in [-0.25, -0.2) is 4.98 Å². The lowest BCUT2D eigenvalue weighted by molar-refractivity contribution is -0.137. The number of nitrogens with zero attached hydrogens (tertiary/aromatic N) is 1. The molecule has 0 aromatic carbocycles. The van der Waals surface area contributed by atoms with Gasteiger partial charge in [0, 0.05) is 12.2 Å². The van der Waals surface area contributed by atoms with Crippen molar-refractivity contribution in [1.29, 1.82) is 0 Å². The van der Waals surface area contributed by atoms with Crippen LogP contribution in [0.4, 0.5) is 19.0 Å². The summed E-state index contributed by atoms with van der Waals surface area (Å²) in [6.45, 7) is 2.54. The molecule has 96 valence electrons. The Kier molecular flexibility index (Phi) is 4.74. The minimum atomic E-state index is -4.34. The monoisotopic (exact) mass is 247 g/mol. The van der Waals surface area contributed by atoms with Gasteiger partial charge in [0.1, 0.15) is 5.82 Å². The number of anilines is 1. The average Bonchev–Trinajstić information content (AvgIpc) is 2.26. The van der Waals surface area contributed by atoms with Gasteiger partial charge in [0.15, 0.2) is 0 Å². The second-order valence-corrected chi connectivity index (χ2v) is 3.91. The van der Waals surface area contributed by atoms with Crippen LogP contribution in [-0.4, -0.2) is 17.6 Å². The lowest BCUT2D eigenvalue weighted by atomic mass is 10.2. The summed E-state index contributed by atoms with van der Waals surface area (Å²) in [7, 11) is 0. The number of hydrogen-bond donors (Lipinski definition) is 2. The Balaban J connectivity index is 2.56. The number of hydrogen-bond acceptors (Lipinski definition) is 3. The Hall–Kier alpha value is -1.30. The van der Waals surface area contributed by atoms with Gasteiger partial charge in [-0.3, -0.25) is 0 Å². The fourth-order valence-corrected chi connectivity index (χ4v) is 1.40. The van der Waals surface area contributed by atoms with Crippen molar-refractivity contribution in [2.75, 3.05) is 11.9 Å². The van der Waals surface area contributed by atoms with E-state index < -0.39 is 11.7 Å². The molecule has 1 unspecified atom stereocenters. The van der Waals surface area contributed by atoms with Gasteiger partial charge in [0.2, 0.25) is 0 Å². The van der Waals surface area contributed by atoms with Gasteiger partial charge in [-0.1, -0.05) is 0 Å². The fourth-order valence-electron chi connectivity index (χ4n) is 1.40.